The quantitative estimate of drug-likeness (QED) is 0.846. The first kappa shape index (κ1) is 14.4. The van der Waals surface area contributed by atoms with Crippen molar-refractivity contribution in [2.45, 2.75) is 38.1 Å². The highest BCUT2D eigenvalue weighted by molar-refractivity contribution is 5.81. The number of aliphatic carboxylic acids is 1. The normalized spacial score (nSPS) is 19.1. The van der Waals surface area contributed by atoms with E-state index in [0.717, 1.165) is 25.0 Å². The Morgan fingerprint density at radius 2 is 2.15 bits per heavy atom. The third-order valence-corrected chi connectivity index (χ3v) is 3.64. The standard InChI is InChI=1S/C13H19N3O4/c1-15-12(18)8-9(14-15)10-4-2-3-7-16(10)11(17)5-6-13(19)20/h8,10,14H,2-7H2,1H3,(H,19,20). The molecule has 1 unspecified atom stereocenters. The first-order valence-electron chi connectivity index (χ1n) is 6.76. The predicted octanol–water partition coefficient (Wildman–Crippen LogP) is 0.632. The van der Waals surface area contributed by atoms with Crippen LogP contribution in [0.3, 0.4) is 0 Å². The minimum absolute atomic E-state index is 0.00288. The molecule has 2 heterocycles. The molecular weight excluding hydrogens is 262 g/mol. The second kappa shape index (κ2) is 5.94. The van der Waals surface area contributed by atoms with Gasteiger partial charge in [-0.3, -0.25) is 24.2 Å². The number of H-pyrrole nitrogens is 1. The van der Waals surface area contributed by atoms with E-state index in [1.54, 1.807) is 11.9 Å². The number of piperidine rings is 1. The molecule has 0 aromatic carbocycles. The van der Waals surface area contributed by atoms with E-state index >= 15 is 0 Å². The first-order valence-corrected chi connectivity index (χ1v) is 6.76. The van der Waals surface area contributed by atoms with Gasteiger partial charge in [-0.1, -0.05) is 0 Å². The van der Waals surface area contributed by atoms with Crippen molar-refractivity contribution in [1.82, 2.24) is 14.7 Å². The minimum atomic E-state index is -0.972. The van der Waals surface area contributed by atoms with Crippen molar-refractivity contribution < 1.29 is 14.7 Å². The van der Waals surface area contributed by atoms with Gasteiger partial charge in [-0.05, 0) is 19.3 Å². The lowest BCUT2D eigenvalue weighted by Gasteiger charge is -2.35. The van der Waals surface area contributed by atoms with E-state index in [9.17, 15) is 14.4 Å². The highest BCUT2D eigenvalue weighted by Crippen LogP contribution is 2.29. The van der Waals surface area contributed by atoms with Crippen LogP contribution < -0.4 is 5.56 Å². The van der Waals surface area contributed by atoms with E-state index < -0.39 is 5.97 Å². The van der Waals surface area contributed by atoms with Crippen LogP contribution in [-0.4, -0.2) is 38.2 Å². The van der Waals surface area contributed by atoms with Gasteiger partial charge in [-0.15, -0.1) is 0 Å². The van der Waals surface area contributed by atoms with Gasteiger partial charge in [0.15, 0.2) is 0 Å². The Balaban J connectivity index is 2.14. The average Bonchev–Trinajstić information content (AvgIpc) is 2.76. The summed E-state index contributed by atoms with van der Waals surface area (Å²) < 4.78 is 1.38. The van der Waals surface area contributed by atoms with Gasteiger partial charge in [0.05, 0.1) is 18.2 Å². The molecule has 1 aliphatic heterocycles. The molecule has 0 spiro atoms. The number of carbonyl (C=O) groups excluding carboxylic acids is 1. The lowest BCUT2D eigenvalue weighted by Crippen LogP contribution is -2.38. The van der Waals surface area contributed by atoms with Crippen LogP contribution >= 0.6 is 0 Å². The molecule has 1 aromatic rings. The van der Waals surface area contributed by atoms with Gasteiger partial charge in [-0.2, -0.15) is 0 Å². The number of rotatable bonds is 4. The van der Waals surface area contributed by atoms with E-state index in [0.29, 0.717) is 6.54 Å². The smallest absolute Gasteiger partial charge is 0.303 e. The summed E-state index contributed by atoms with van der Waals surface area (Å²) in [5.41, 5.74) is 0.587. The minimum Gasteiger partial charge on any atom is -0.481 e. The van der Waals surface area contributed by atoms with Gasteiger partial charge < -0.3 is 10.0 Å². The van der Waals surface area contributed by atoms with Crippen molar-refractivity contribution in [2.24, 2.45) is 7.05 Å². The van der Waals surface area contributed by atoms with Crippen molar-refractivity contribution in [3.63, 3.8) is 0 Å². The lowest BCUT2D eigenvalue weighted by atomic mass is 9.99. The fourth-order valence-electron chi connectivity index (χ4n) is 2.59. The molecule has 2 N–H and O–H groups in total. The van der Waals surface area contributed by atoms with Gasteiger partial charge in [0.25, 0.3) is 5.56 Å². The van der Waals surface area contributed by atoms with Crippen molar-refractivity contribution in [2.75, 3.05) is 6.54 Å². The summed E-state index contributed by atoms with van der Waals surface area (Å²) in [5, 5.41) is 11.6. The SMILES string of the molecule is Cn1[nH]c(C2CCCCN2C(=O)CCC(=O)O)cc1=O. The molecule has 0 radical (unpaired) electrons. The zero-order valence-electron chi connectivity index (χ0n) is 11.5. The summed E-state index contributed by atoms with van der Waals surface area (Å²) in [5.74, 6) is -1.14. The molecular formula is C13H19N3O4. The monoisotopic (exact) mass is 281 g/mol. The van der Waals surface area contributed by atoms with E-state index in [4.69, 9.17) is 5.11 Å². The third kappa shape index (κ3) is 3.09. The van der Waals surface area contributed by atoms with E-state index in [-0.39, 0.29) is 30.3 Å². The number of nitrogens with one attached hydrogen (secondary N) is 1. The van der Waals surface area contributed by atoms with Crippen molar-refractivity contribution >= 4 is 11.9 Å². The van der Waals surface area contributed by atoms with Gasteiger partial charge in [-0.25, -0.2) is 0 Å². The van der Waals surface area contributed by atoms with Crippen LogP contribution in [0.1, 0.15) is 43.8 Å². The second-order valence-electron chi connectivity index (χ2n) is 5.10. The third-order valence-electron chi connectivity index (χ3n) is 3.64. The maximum absolute atomic E-state index is 12.1. The summed E-state index contributed by atoms with van der Waals surface area (Å²) >= 11 is 0. The summed E-state index contributed by atoms with van der Waals surface area (Å²) in [6, 6.07) is 1.35. The number of amides is 1. The fraction of sp³-hybridized carbons (Fsp3) is 0.615. The summed E-state index contributed by atoms with van der Waals surface area (Å²) in [6.45, 7) is 0.611. The van der Waals surface area contributed by atoms with Gasteiger partial charge in [0.2, 0.25) is 5.91 Å². The van der Waals surface area contributed by atoms with Crippen LogP contribution in [0.15, 0.2) is 10.9 Å². The Morgan fingerprint density at radius 3 is 2.75 bits per heavy atom. The molecule has 1 amide bonds. The Morgan fingerprint density at radius 1 is 1.40 bits per heavy atom. The average molecular weight is 281 g/mol. The van der Waals surface area contributed by atoms with E-state index in [1.165, 1.54) is 10.7 Å². The first-order chi connectivity index (χ1) is 9.49. The van der Waals surface area contributed by atoms with Crippen molar-refractivity contribution in [3.05, 3.63) is 22.1 Å². The molecule has 1 aromatic heterocycles. The maximum Gasteiger partial charge on any atom is 0.303 e. The predicted molar refractivity (Wildman–Crippen MR) is 71.2 cm³/mol. The molecule has 20 heavy (non-hydrogen) atoms. The van der Waals surface area contributed by atoms with Crippen LogP contribution in [-0.2, 0) is 16.6 Å². The summed E-state index contributed by atoms with van der Waals surface area (Å²) in [6.07, 6.45) is 2.53. The van der Waals surface area contributed by atoms with Gasteiger partial charge in [0, 0.05) is 26.1 Å². The van der Waals surface area contributed by atoms with E-state index in [1.807, 2.05) is 0 Å². The zero-order valence-corrected chi connectivity index (χ0v) is 11.5. The molecule has 7 nitrogen and oxygen atoms in total. The number of aryl methyl sites for hydroxylation is 1. The Kier molecular flexibility index (Phi) is 4.26. The van der Waals surface area contributed by atoms with Crippen LogP contribution in [0.4, 0.5) is 0 Å². The Hall–Kier alpha value is -2.05. The van der Waals surface area contributed by atoms with Gasteiger partial charge >= 0.3 is 5.97 Å². The Bertz CT molecular complexity index is 560. The van der Waals surface area contributed by atoms with Gasteiger partial charge in [0.1, 0.15) is 0 Å². The fourth-order valence-corrected chi connectivity index (χ4v) is 2.59. The number of likely N-dealkylation sites (tertiary alicyclic amines) is 1. The highest BCUT2D eigenvalue weighted by Gasteiger charge is 2.29. The number of carbonyl (C=O) groups is 2. The second-order valence-corrected chi connectivity index (χ2v) is 5.10. The number of aromatic nitrogens is 2. The molecule has 110 valence electrons. The molecule has 2 rings (SSSR count). The molecule has 1 aliphatic rings. The highest BCUT2D eigenvalue weighted by atomic mass is 16.4. The molecule has 0 bridgehead atoms. The molecule has 1 saturated heterocycles. The Labute approximate surface area is 116 Å². The van der Waals surface area contributed by atoms with Crippen LogP contribution in [0.25, 0.3) is 0 Å². The lowest BCUT2D eigenvalue weighted by molar-refractivity contribution is -0.142. The number of carboxylic acid groups (broad SMARTS) is 1. The number of aromatic amines is 1. The molecule has 0 saturated carbocycles. The van der Waals surface area contributed by atoms with Crippen molar-refractivity contribution in [3.8, 4) is 0 Å². The zero-order chi connectivity index (χ0) is 14.7. The van der Waals surface area contributed by atoms with Crippen LogP contribution in [0.5, 0.6) is 0 Å². The summed E-state index contributed by atoms with van der Waals surface area (Å²) in [7, 11) is 1.63. The molecule has 0 aliphatic carbocycles. The van der Waals surface area contributed by atoms with Crippen LogP contribution in [0, 0.1) is 0 Å². The van der Waals surface area contributed by atoms with E-state index in [2.05, 4.69) is 5.10 Å². The van der Waals surface area contributed by atoms with Crippen molar-refractivity contribution in [1.29, 1.82) is 0 Å². The molecule has 7 heteroatoms. The summed E-state index contributed by atoms with van der Waals surface area (Å²) in [4.78, 5) is 35.9. The molecule has 1 atom stereocenters. The number of nitrogens with zero attached hydrogens (tertiary/aromatic N) is 2. The number of carboxylic acids is 1. The number of hydrogen-bond acceptors (Lipinski definition) is 3. The topological polar surface area (TPSA) is 95.4 Å². The molecule has 1 fully saturated rings. The number of hydrogen-bond donors (Lipinski definition) is 2. The maximum atomic E-state index is 12.1. The largest absolute Gasteiger partial charge is 0.481 e. The van der Waals surface area contributed by atoms with Crippen LogP contribution in [0.2, 0.25) is 0 Å².